The molecule has 0 aliphatic heterocycles. The minimum absolute atomic E-state index is 0.832. The van der Waals surface area contributed by atoms with Crippen LogP contribution in [0.3, 0.4) is 0 Å². The highest BCUT2D eigenvalue weighted by molar-refractivity contribution is 7.74. The van der Waals surface area contributed by atoms with Gasteiger partial charge < -0.3 is 14.7 Å². The highest BCUT2D eigenvalue weighted by Crippen LogP contribution is 2.55. The second-order valence-electron chi connectivity index (χ2n) is 6.33. The maximum absolute atomic E-state index is 11.6. The SMILES string of the molecule is CC(C)=CCCC(C)=CCCC(C)=CC=CP(=O)(O)CP(=O)(O)O. The van der Waals surface area contributed by atoms with Crippen molar-refractivity contribution in [3.8, 4) is 0 Å². The van der Waals surface area contributed by atoms with Gasteiger partial charge in [-0.1, -0.05) is 41.0 Å². The van der Waals surface area contributed by atoms with Crippen LogP contribution in [0.1, 0.15) is 53.4 Å². The van der Waals surface area contributed by atoms with Gasteiger partial charge in [-0.15, -0.1) is 0 Å². The number of hydrogen-bond donors (Lipinski definition) is 3. The molecular weight excluding hydrogens is 346 g/mol. The quantitative estimate of drug-likeness (QED) is 0.272. The lowest BCUT2D eigenvalue weighted by atomic mass is 10.1. The van der Waals surface area contributed by atoms with Crippen molar-refractivity contribution in [2.24, 2.45) is 0 Å². The molecule has 7 heteroatoms. The van der Waals surface area contributed by atoms with Crippen molar-refractivity contribution in [2.45, 2.75) is 53.4 Å². The molecule has 0 radical (unpaired) electrons. The van der Waals surface area contributed by atoms with Gasteiger partial charge in [-0.25, -0.2) is 0 Å². The third-order valence-electron chi connectivity index (χ3n) is 3.21. The summed E-state index contributed by atoms with van der Waals surface area (Å²) < 4.78 is 22.4. The van der Waals surface area contributed by atoms with E-state index in [2.05, 4.69) is 32.9 Å². The molecule has 0 aliphatic carbocycles. The molecule has 0 aromatic heterocycles. The first-order valence-corrected chi connectivity index (χ1v) is 11.6. The van der Waals surface area contributed by atoms with Gasteiger partial charge in [0.2, 0.25) is 7.37 Å². The number of allylic oxidation sites excluding steroid dienone is 7. The largest absolute Gasteiger partial charge is 0.341 e. The molecular formula is C17H30O5P2. The Morgan fingerprint density at radius 3 is 1.96 bits per heavy atom. The predicted octanol–water partition coefficient (Wildman–Crippen LogP) is 5.32. The molecule has 1 unspecified atom stereocenters. The van der Waals surface area contributed by atoms with E-state index in [4.69, 9.17) is 9.79 Å². The van der Waals surface area contributed by atoms with E-state index in [0.717, 1.165) is 37.1 Å². The van der Waals surface area contributed by atoms with E-state index in [0.29, 0.717) is 0 Å². The third kappa shape index (κ3) is 14.9. The van der Waals surface area contributed by atoms with Crippen LogP contribution in [0.4, 0.5) is 0 Å². The predicted molar refractivity (Wildman–Crippen MR) is 101 cm³/mol. The van der Waals surface area contributed by atoms with Gasteiger partial charge in [-0.05, 0) is 53.4 Å². The van der Waals surface area contributed by atoms with Crippen molar-refractivity contribution >= 4 is 15.0 Å². The molecule has 0 amide bonds. The molecule has 0 saturated heterocycles. The zero-order chi connectivity index (χ0) is 18.8. The minimum atomic E-state index is -4.49. The average molecular weight is 376 g/mol. The number of rotatable bonds is 10. The maximum Gasteiger partial charge on any atom is 0.335 e. The third-order valence-corrected chi connectivity index (χ3v) is 6.94. The molecule has 0 bridgehead atoms. The zero-order valence-corrected chi connectivity index (χ0v) is 16.8. The molecule has 0 aromatic rings. The van der Waals surface area contributed by atoms with Gasteiger partial charge in [0.15, 0.2) is 0 Å². The van der Waals surface area contributed by atoms with Crippen LogP contribution in [-0.4, -0.2) is 20.6 Å². The number of hydrogen-bond acceptors (Lipinski definition) is 2. The molecule has 0 fully saturated rings. The lowest BCUT2D eigenvalue weighted by Gasteiger charge is -2.07. The summed E-state index contributed by atoms with van der Waals surface area (Å²) in [6, 6.07) is 0. The van der Waals surface area contributed by atoms with Gasteiger partial charge in [0.05, 0.1) is 0 Å². The Kier molecular flexibility index (Phi) is 10.7. The van der Waals surface area contributed by atoms with Crippen LogP contribution in [0.25, 0.3) is 0 Å². The molecule has 24 heavy (non-hydrogen) atoms. The first-order chi connectivity index (χ1) is 10.9. The Bertz CT molecular complexity index is 604. The molecule has 0 aliphatic rings. The molecule has 0 heterocycles. The molecule has 0 spiro atoms. The maximum atomic E-state index is 11.6. The molecule has 5 nitrogen and oxygen atoms in total. The van der Waals surface area contributed by atoms with Gasteiger partial charge in [0, 0.05) is 5.82 Å². The smallest absolute Gasteiger partial charge is 0.335 e. The van der Waals surface area contributed by atoms with Crippen LogP contribution in [-0.2, 0) is 9.13 Å². The summed E-state index contributed by atoms with van der Waals surface area (Å²) >= 11 is 0. The molecule has 1 atom stereocenters. The Morgan fingerprint density at radius 2 is 1.42 bits per heavy atom. The summed E-state index contributed by atoms with van der Waals surface area (Å²) in [5.74, 6) is -0.0346. The summed E-state index contributed by atoms with van der Waals surface area (Å²) in [6.45, 7) is 8.21. The van der Waals surface area contributed by atoms with Crippen LogP contribution < -0.4 is 0 Å². The molecule has 138 valence electrons. The summed E-state index contributed by atoms with van der Waals surface area (Å²) in [5, 5.41) is 0. The van der Waals surface area contributed by atoms with Gasteiger partial charge in [0.1, 0.15) is 5.90 Å². The fourth-order valence-electron chi connectivity index (χ4n) is 1.97. The lowest BCUT2D eigenvalue weighted by molar-refractivity contribution is 0.376. The summed E-state index contributed by atoms with van der Waals surface area (Å²) in [4.78, 5) is 26.9. The monoisotopic (exact) mass is 376 g/mol. The Morgan fingerprint density at radius 1 is 0.875 bits per heavy atom. The van der Waals surface area contributed by atoms with Crippen molar-refractivity contribution in [2.75, 3.05) is 5.90 Å². The molecule has 3 N–H and O–H groups in total. The Labute approximate surface area is 145 Å². The van der Waals surface area contributed by atoms with E-state index < -0.39 is 20.9 Å². The van der Waals surface area contributed by atoms with Crippen molar-refractivity contribution in [1.29, 1.82) is 0 Å². The first-order valence-electron chi connectivity index (χ1n) is 7.91. The topological polar surface area (TPSA) is 94.8 Å². The second kappa shape index (κ2) is 11.0. The normalized spacial score (nSPS) is 16.3. The Hall–Kier alpha value is -0.700. The average Bonchev–Trinajstić information content (AvgIpc) is 2.34. The van der Waals surface area contributed by atoms with Crippen LogP contribution in [0, 0.1) is 0 Å². The van der Waals surface area contributed by atoms with Crippen LogP contribution in [0.5, 0.6) is 0 Å². The molecule has 0 aromatic carbocycles. The van der Waals surface area contributed by atoms with Gasteiger partial charge in [-0.3, -0.25) is 9.13 Å². The zero-order valence-electron chi connectivity index (χ0n) is 15.0. The van der Waals surface area contributed by atoms with E-state index in [1.165, 1.54) is 17.2 Å². The molecule has 0 saturated carbocycles. The van der Waals surface area contributed by atoms with E-state index in [1.54, 1.807) is 6.08 Å². The van der Waals surface area contributed by atoms with Gasteiger partial charge in [-0.2, -0.15) is 0 Å². The highest BCUT2D eigenvalue weighted by Gasteiger charge is 2.26. The van der Waals surface area contributed by atoms with E-state index in [9.17, 15) is 14.0 Å². The van der Waals surface area contributed by atoms with Gasteiger partial charge >= 0.3 is 7.60 Å². The lowest BCUT2D eigenvalue weighted by Crippen LogP contribution is -1.87. The van der Waals surface area contributed by atoms with Crippen molar-refractivity contribution in [3.05, 3.63) is 46.8 Å². The summed E-state index contributed by atoms with van der Waals surface area (Å²) in [7, 11) is -8.43. The Balaban J connectivity index is 4.37. The van der Waals surface area contributed by atoms with Crippen LogP contribution in [0.2, 0.25) is 0 Å². The van der Waals surface area contributed by atoms with Crippen molar-refractivity contribution in [3.63, 3.8) is 0 Å². The minimum Gasteiger partial charge on any atom is -0.341 e. The van der Waals surface area contributed by atoms with Gasteiger partial charge in [0.25, 0.3) is 0 Å². The van der Waals surface area contributed by atoms with Crippen molar-refractivity contribution in [1.82, 2.24) is 0 Å². The summed E-state index contributed by atoms with van der Waals surface area (Å²) in [5.41, 5.74) is 3.71. The van der Waals surface area contributed by atoms with E-state index in [1.807, 2.05) is 6.92 Å². The first kappa shape index (κ1) is 23.3. The van der Waals surface area contributed by atoms with Crippen molar-refractivity contribution < 1.29 is 23.8 Å². The summed E-state index contributed by atoms with van der Waals surface area (Å²) in [6.07, 6.45) is 11.3. The van der Waals surface area contributed by atoms with E-state index in [-0.39, 0.29) is 0 Å². The fourth-order valence-corrected chi connectivity index (χ4v) is 4.82. The van der Waals surface area contributed by atoms with Crippen LogP contribution >= 0.6 is 15.0 Å². The fraction of sp³-hybridized carbons (Fsp3) is 0.529. The standard InChI is InChI=1S/C17H30O5P2/c1-15(2)8-5-9-16(3)10-6-11-17(4)12-7-13-23(18,19)14-24(20,21)22/h7-8,10,12-13H,5-6,9,11,14H2,1-4H3,(H,18,19)(H2,20,21,22). The van der Waals surface area contributed by atoms with E-state index >= 15 is 0 Å². The van der Waals surface area contributed by atoms with Crippen LogP contribution in [0.15, 0.2) is 46.8 Å². The second-order valence-corrected chi connectivity index (χ2v) is 10.6. The highest BCUT2D eigenvalue weighted by atomic mass is 31.2. The molecule has 0 rings (SSSR count).